The number of nitrogens with zero attached hydrogens (tertiary/aromatic N) is 4. The van der Waals surface area contributed by atoms with Crippen molar-refractivity contribution < 1.29 is 22.4 Å². The number of carbonyl (C=O) groups excluding carboxylic acids is 1. The molecule has 0 saturated heterocycles. The Morgan fingerprint density at radius 3 is 2.46 bits per heavy atom. The molecular formula is C28H27FN6O4. The Kier molecular flexibility index (Phi) is 7.07. The van der Waals surface area contributed by atoms with E-state index in [0.717, 1.165) is 17.0 Å². The van der Waals surface area contributed by atoms with Crippen molar-refractivity contribution in [3.8, 4) is 22.9 Å². The molecule has 11 heteroatoms. The molecule has 1 atom stereocenters. The lowest BCUT2D eigenvalue weighted by Gasteiger charge is -2.20. The van der Waals surface area contributed by atoms with Gasteiger partial charge in [0.1, 0.15) is 17.8 Å². The molecule has 3 heterocycles. The third-order valence-corrected chi connectivity index (χ3v) is 6.17. The van der Waals surface area contributed by atoms with Crippen LogP contribution in [0.2, 0.25) is 0 Å². The lowest BCUT2D eigenvalue weighted by atomic mass is 9.94. The molecule has 0 aliphatic rings. The number of aryl methyl sites for hydroxylation is 2. The molecule has 200 valence electrons. The van der Waals surface area contributed by atoms with Gasteiger partial charge in [0.2, 0.25) is 17.7 Å². The first-order valence-corrected chi connectivity index (χ1v) is 12.3. The van der Waals surface area contributed by atoms with Gasteiger partial charge in [-0.2, -0.15) is 0 Å². The quantitative estimate of drug-likeness (QED) is 0.281. The minimum Gasteiger partial charge on any atom is -0.446 e. The molecular weight excluding hydrogens is 503 g/mol. The lowest BCUT2D eigenvalue weighted by Crippen LogP contribution is -2.35. The average Bonchev–Trinajstić information content (AvgIpc) is 3.67. The zero-order chi connectivity index (χ0) is 27.6. The van der Waals surface area contributed by atoms with Crippen LogP contribution in [-0.2, 0) is 18.4 Å². The number of rotatable bonds is 9. The molecule has 5 rings (SSSR count). The number of hydrogen-bond donors (Lipinski definition) is 2. The van der Waals surface area contributed by atoms with Crippen molar-refractivity contribution in [3.63, 3.8) is 0 Å². The number of aromatic nitrogens is 4. The Bertz CT molecular complexity index is 1590. The van der Waals surface area contributed by atoms with Crippen LogP contribution < -0.4 is 11.1 Å². The molecule has 0 bridgehead atoms. The van der Waals surface area contributed by atoms with Crippen LogP contribution in [0.4, 0.5) is 4.39 Å². The Morgan fingerprint density at radius 2 is 1.79 bits per heavy atom. The van der Waals surface area contributed by atoms with Crippen molar-refractivity contribution in [2.24, 2.45) is 5.73 Å². The topological polar surface area (TPSA) is 146 Å². The third-order valence-electron chi connectivity index (χ3n) is 6.17. The number of nitrogens with one attached hydrogen (secondary N) is 1. The largest absolute Gasteiger partial charge is 0.446 e. The SMILES string of the molecule is Cc1nc(CCNC(=O)c2cc(-c3ncco3)cc(-c3nnc(C(C)(N)Cc4ccc(F)cc4)o3)c2)c(C)o1. The highest BCUT2D eigenvalue weighted by Crippen LogP contribution is 2.30. The molecule has 0 fully saturated rings. The van der Waals surface area contributed by atoms with E-state index in [0.29, 0.717) is 47.9 Å². The van der Waals surface area contributed by atoms with Crippen molar-refractivity contribution in [1.82, 2.24) is 25.5 Å². The average molecular weight is 531 g/mol. The van der Waals surface area contributed by atoms with E-state index < -0.39 is 5.54 Å². The fourth-order valence-electron chi connectivity index (χ4n) is 4.24. The summed E-state index contributed by atoms with van der Waals surface area (Å²) in [4.78, 5) is 21.6. The van der Waals surface area contributed by atoms with Crippen LogP contribution in [0.1, 0.15) is 46.1 Å². The van der Waals surface area contributed by atoms with Gasteiger partial charge in [0.25, 0.3) is 5.91 Å². The second-order valence-corrected chi connectivity index (χ2v) is 9.51. The summed E-state index contributed by atoms with van der Waals surface area (Å²) in [7, 11) is 0. The molecule has 0 radical (unpaired) electrons. The van der Waals surface area contributed by atoms with E-state index in [1.807, 2.05) is 6.92 Å². The van der Waals surface area contributed by atoms with Gasteiger partial charge in [-0.25, -0.2) is 14.4 Å². The Hall–Kier alpha value is -4.64. The van der Waals surface area contributed by atoms with E-state index in [4.69, 9.17) is 19.0 Å². The van der Waals surface area contributed by atoms with E-state index >= 15 is 0 Å². The summed E-state index contributed by atoms with van der Waals surface area (Å²) in [6.07, 6.45) is 3.84. The molecule has 39 heavy (non-hydrogen) atoms. The summed E-state index contributed by atoms with van der Waals surface area (Å²) < 4.78 is 30.2. The molecule has 0 aliphatic carbocycles. The normalized spacial score (nSPS) is 12.8. The highest BCUT2D eigenvalue weighted by atomic mass is 19.1. The fourth-order valence-corrected chi connectivity index (χ4v) is 4.24. The molecule has 1 amide bonds. The highest BCUT2D eigenvalue weighted by molar-refractivity contribution is 5.96. The number of hydrogen-bond acceptors (Lipinski definition) is 9. The van der Waals surface area contributed by atoms with Gasteiger partial charge in [0.05, 0.1) is 17.4 Å². The minimum absolute atomic E-state index is 0.178. The monoisotopic (exact) mass is 530 g/mol. The van der Waals surface area contributed by atoms with Crippen LogP contribution in [0.3, 0.4) is 0 Å². The van der Waals surface area contributed by atoms with E-state index in [9.17, 15) is 9.18 Å². The van der Waals surface area contributed by atoms with Gasteiger partial charge in [-0.15, -0.1) is 10.2 Å². The number of benzene rings is 2. The van der Waals surface area contributed by atoms with Crippen molar-refractivity contribution in [2.45, 2.75) is 39.2 Å². The van der Waals surface area contributed by atoms with Crippen LogP contribution >= 0.6 is 0 Å². The Balaban J connectivity index is 1.39. The molecule has 3 aromatic heterocycles. The lowest BCUT2D eigenvalue weighted by molar-refractivity contribution is 0.0954. The molecule has 0 aliphatic heterocycles. The van der Waals surface area contributed by atoms with E-state index in [1.165, 1.54) is 24.6 Å². The summed E-state index contributed by atoms with van der Waals surface area (Å²) in [6, 6.07) is 11.1. The zero-order valence-corrected chi connectivity index (χ0v) is 21.7. The van der Waals surface area contributed by atoms with Gasteiger partial charge in [0.15, 0.2) is 5.89 Å². The number of halogens is 1. The number of nitrogens with two attached hydrogens (primary N) is 1. The first-order chi connectivity index (χ1) is 18.7. The number of carbonyl (C=O) groups is 1. The van der Waals surface area contributed by atoms with E-state index in [1.54, 1.807) is 44.2 Å². The molecule has 3 N–H and O–H groups in total. The Labute approximate surface area is 223 Å². The number of amides is 1. The molecule has 0 saturated carbocycles. The van der Waals surface area contributed by atoms with E-state index in [2.05, 4.69) is 25.5 Å². The van der Waals surface area contributed by atoms with Crippen LogP contribution in [0.25, 0.3) is 22.9 Å². The van der Waals surface area contributed by atoms with Gasteiger partial charge in [-0.1, -0.05) is 12.1 Å². The zero-order valence-electron chi connectivity index (χ0n) is 21.7. The van der Waals surface area contributed by atoms with Gasteiger partial charge < -0.3 is 24.3 Å². The standard InChI is InChI=1S/C28H27FN6O4/c1-16-23(33-17(2)38-16)8-9-31-24(36)19-12-20(25-32-10-11-37-25)14-21(13-19)26-34-35-27(39-26)28(3,30)15-18-4-6-22(29)7-5-18/h4-7,10-14H,8-9,15,30H2,1-3H3,(H,31,36). The third kappa shape index (κ3) is 5.93. The summed E-state index contributed by atoms with van der Waals surface area (Å²) in [5.74, 6) is 1.40. The minimum atomic E-state index is -1.01. The summed E-state index contributed by atoms with van der Waals surface area (Å²) in [6.45, 7) is 5.75. The second kappa shape index (κ2) is 10.6. The Morgan fingerprint density at radius 1 is 1.05 bits per heavy atom. The molecule has 0 spiro atoms. The van der Waals surface area contributed by atoms with Crippen molar-refractivity contribution in [1.29, 1.82) is 0 Å². The maximum Gasteiger partial charge on any atom is 0.251 e. The fraction of sp³-hybridized carbons (Fsp3) is 0.250. The first kappa shape index (κ1) is 26.0. The van der Waals surface area contributed by atoms with Crippen molar-refractivity contribution in [3.05, 3.63) is 95.1 Å². The van der Waals surface area contributed by atoms with Gasteiger partial charge in [-0.05, 0) is 56.2 Å². The van der Waals surface area contributed by atoms with Crippen LogP contribution in [0.5, 0.6) is 0 Å². The molecule has 5 aromatic rings. The summed E-state index contributed by atoms with van der Waals surface area (Å²) in [5, 5.41) is 11.3. The van der Waals surface area contributed by atoms with Crippen LogP contribution in [-0.4, -0.2) is 32.6 Å². The maximum absolute atomic E-state index is 13.3. The highest BCUT2D eigenvalue weighted by Gasteiger charge is 2.29. The van der Waals surface area contributed by atoms with Crippen LogP contribution in [0, 0.1) is 19.7 Å². The molecule has 10 nitrogen and oxygen atoms in total. The second-order valence-electron chi connectivity index (χ2n) is 9.51. The predicted molar refractivity (Wildman–Crippen MR) is 139 cm³/mol. The van der Waals surface area contributed by atoms with E-state index in [-0.39, 0.29) is 23.5 Å². The van der Waals surface area contributed by atoms with Gasteiger partial charge >= 0.3 is 0 Å². The number of oxazole rings is 2. The summed E-state index contributed by atoms with van der Waals surface area (Å²) >= 11 is 0. The molecule has 1 unspecified atom stereocenters. The van der Waals surface area contributed by atoms with Crippen LogP contribution in [0.15, 0.2) is 68.2 Å². The smallest absolute Gasteiger partial charge is 0.251 e. The van der Waals surface area contributed by atoms with Crippen molar-refractivity contribution in [2.75, 3.05) is 6.54 Å². The maximum atomic E-state index is 13.3. The molecule has 2 aromatic carbocycles. The van der Waals surface area contributed by atoms with Crippen molar-refractivity contribution >= 4 is 5.91 Å². The summed E-state index contributed by atoms with van der Waals surface area (Å²) in [5.41, 5.74) is 8.53. The predicted octanol–water partition coefficient (Wildman–Crippen LogP) is 4.52. The van der Waals surface area contributed by atoms with Gasteiger partial charge in [0, 0.05) is 36.6 Å². The first-order valence-electron chi connectivity index (χ1n) is 12.3. The van der Waals surface area contributed by atoms with Gasteiger partial charge in [-0.3, -0.25) is 4.79 Å².